The Bertz CT molecular complexity index is 990. The summed E-state index contributed by atoms with van der Waals surface area (Å²) in [6, 6.07) is 20.6. The Kier molecular flexibility index (Phi) is 7.07. The van der Waals surface area contributed by atoms with Gasteiger partial charge in [-0.2, -0.15) is 0 Å². The van der Waals surface area contributed by atoms with Gasteiger partial charge in [-0.1, -0.05) is 30.3 Å². The topological polar surface area (TPSA) is 57.5 Å². The van der Waals surface area contributed by atoms with Crippen LogP contribution in [-0.2, 0) is 16.1 Å². The number of rotatable bonds is 9. The van der Waals surface area contributed by atoms with Gasteiger partial charge in [-0.25, -0.2) is 0 Å². The van der Waals surface area contributed by atoms with Crippen molar-refractivity contribution in [2.45, 2.75) is 33.2 Å². The number of hydrogen-bond acceptors (Lipinski definition) is 4. The minimum absolute atomic E-state index is 0.101. The van der Waals surface area contributed by atoms with Crippen LogP contribution in [0.5, 0.6) is 5.75 Å². The van der Waals surface area contributed by atoms with Crippen LogP contribution in [0.2, 0.25) is 0 Å². The molecule has 30 heavy (non-hydrogen) atoms. The van der Waals surface area contributed by atoms with Crippen molar-refractivity contribution >= 4 is 11.8 Å². The smallest absolute Gasteiger partial charge is 0.314 e. The standard InChI is InChI=1S/C25H27NO4/c1-4-29-21-13-11-20(12-14-21)24(27)23-16-15-22(18(3)25(28)30-5-2)26(23)17-19-9-7-6-8-10-19/h6-16,18H,4-5,17H2,1-3H3. The summed E-state index contributed by atoms with van der Waals surface area (Å²) in [6.07, 6.45) is 0. The third-order valence-corrected chi connectivity index (χ3v) is 4.94. The second-order valence-electron chi connectivity index (χ2n) is 6.98. The molecule has 5 nitrogen and oxygen atoms in total. The summed E-state index contributed by atoms with van der Waals surface area (Å²) in [5.41, 5.74) is 2.91. The van der Waals surface area contributed by atoms with Crippen molar-refractivity contribution in [3.63, 3.8) is 0 Å². The van der Waals surface area contributed by atoms with Crippen LogP contribution in [0.1, 0.15) is 54.0 Å². The molecule has 1 heterocycles. The van der Waals surface area contributed by atoms with E-state index < -0.39 is 5.92 Å². The highest BCUT2D eigenvalue weighted by molar-refractivity contribution is 6.08. The molecule has 3 rings (SSSR count). The molecule has 0 aliphatic carbocycles. The molecule has 0 saturated carbocycles. The molecule has 0 fully saturated rings. The molecule has 0 bridgehead atoms. The number of ether oxygens (including phenoxy) is 2. The maximum absolute atomic E-state index is 13.3. The number of esters is 1. The number of ketones is 1. The SMILES string of the molecule is CCOC(=O)C(C)c1ccc(C(=O)c2ccc(OCC)cc2)n1Cc1ccccc1. The van der Waals surface area contributed by atoms with Crippen molar-refractivity contribution < 1.29 is 19.1 Å². The van der Waals surface area contributed by atoms with Crippen LogP contribution < -0.4 is 4.74 Å². The molecule has 1 atom stereocenters. The van der Waals surface area contributed by atoms with E-state index in [-0.39, 0.29) is 11.8 Å². The third kappa shape index (κ3) is 4.79. The molecule has 2 aromatic carbocycles. The lowest BCUT2D eigenvalue weighted by molar-refractivity contribution is -0.144. The van der Waals surface area contributed by atoms with E-state index in [1.54, 1.807) is 44.2 Å². The highest BCUT2D eigenvalue weighted by Gasteiger charge is 2.24. The first kappa shape index (κ1) is 21.4. The molecule has 0 aliphatic heterocycles. The summed E-state index contributed by atoms with van der Waals surface area (Å²) in [4.78, 5) is 25.6. The van der Waals surface area contributed by atoms with Gasteiger partial charge in [0.15, 0.2) is 0 Å². The number of carbonyl (C=O) groups excluding carboxylic acids is 2. The molecule has 5 heteroatoms. The van der Waals surface area contributed by atoms with E-state index >= 15 is 0 Å². The molecule has 156 valence electrons. The Labute approximate surface area is 177 Å². The zero-order valence-electron chi connectivity index (χ0n) is 17.6. The van der Waals surface area contributed by atoms with Gasteiger partial charge >= 0.3 is 5.97 Å². The van der Waals surface area contributed by atoms with E-state index in [1.165, 1.54) is 0 Å². The van der Waals surface area contributed by atoms with Gasteiger partial charge in [0.2, 0.25) is 5.78 Å². The fourth-order valence-electron chi connectivity index (χ4n) is 3.41. The molecule has 1 unspecified atom stereocenters. The molecule has 0 amide bonds. The normalized spacial score (nSPS) is 11.7. The zero-order valence-corrected chi connectivity index (χ0v) is 17.6. The molecular formula is C25H27NO4. The highest BCUT2D eigenvalue weighted by Crippen LogP contribution is 2.24. The van der Waals surface area contributed by atoms with Crippen molar-refractivity contribution in [2.24, 2.45) is 0 Å². The van der Waals surface area contributed by atoms with Crippen molar-refractivity contribution in [3.8, 4) is 5.75 Å². The highest BCUT2D eigenvalue weighted by atomic mass is 16.5. The van der Waals surface area contributed by atoms with E-state index in [2.05, 4.69) is 0 Å². The van der Waals surface area contributed by atoms with Gasteiger partial charge in [-0.05, 0) is 62.7 Å². The number of hydrogen-bond donors (Lipinski definition) is 0. The predicted octanol–water partition coefficient (Wildman–Crippen LogP) is 4.83. The number of carbonyl (C=O) groups is 2. The first-order chi connectivity index (χ1) is 14.5. The summed E-state index contributed by atoms with van der Waals surface area (Å²) >= 11 is 0. The maximum Gasteiger partial charge on any atom is 0.314 e. The Morgan fingerprint density at radius 3 is 2.23 bits per heavy atom. The molecule has 3 aromatic rings. The lowest BCUT2D eigenvalue weighted by atomic mass is 10.1. The molecule has 0 saturated heterocycles. The number of aromatic nitrogens is 1. The first-order valence-corrected chi connectivity index (χ1v) is 10.2. The fraction of sp³-hybridized carbons (Fsp3) is 0.280. The van der Waals surface area contributed by atoms with E-state index in [9.17, 15) is 9.59 Å². The largest absolute Gasteiger partial charge is 0.494 e. The first-order valence-electron chi connectivity index (χ1n) is 10.2. The van der Waals surface area contributed by atoms with Crippen molar-refractivity contribution in [2.75, 3.05) is 13.2 Å². The van der Waals surface area contributed by atoms with Crippen molar-refractivity contribution in [3.05, 3.63) is 89.2 Å². The lowest BCUT2D eigenvalue weighted by Crippen LogP contribution is -2.19. The second-order valence-corrected chi connectivity index (χ2v) is 6.98. The van der Waals surface area contributed by atoms with Gasteiger partial charge in [0.05, 0.1) is 24.8 Å². The van der Waals surface area contributed by atoms with Crippen LogP contribution in [0.15, 0.2) is 66.7 Å². The summed E-state index contributed by atoms with van der Waals surface area (Å²) in [6.45, 7) is 6.89. The third-order valence-electron chi connectivity index (χ3n) is 4.94. The second kappa shape index (κ2) is 9.92. The van der Waals surface area contributed by atoms with Crippen LogP contribution in [-0.4, -0.2) is 29.5 Å². The molecular weight excluding hydrogens is 378 g/mol. The van der Waals surface area contributed by atoms with Gasteiger partial charge in [0, 0.05) is 17.8 Å². The Balaban J connectivity index is 1.98. The predicted molar refractivity (Wildman–Crippen MR) is 116 cm³/mol. The summed E-state index contributed by atoms with van der Waals surface area (Å²) in [7, 11) is 0. The minimum atomic E-state index is -0.476. The molecule has 0 radical (unpaired) electrons. The summed E-state index contributed by atoms with van der Waals surface area (Å²) < 4.78 is 12.6. The monoisotopic (exact) mass is 405 g/mol. The van der Waals surface area contributed by atoms with Gasteiger partial charge in [-0.3, -0.25) is 9.59 Å². The number of benzene rings is 2. The summed E-state index contributed by atoms with van der Waals surface area (Å²) in [5, 5.41) is 0. The van der Waals surface area contributed by atoms with E-state index in [4.69, 9.17) is 9.47 Å². The van der Waals surface area contributed by atoms with E-state index in [0.29, 0.717) is 31.0 Å². The Morgan fingerprint density at radius 2 is 1.60 bits per heavy atom. The molecule has 1 aromatic heterocycles. The van der Waals surface area contributed by atoms with Crippen LogP contribution >= 0.6 is 0 Å². The molecule has 0 aliphatic rings. The van der Waals surface area contributed by atoms with Crippen molar-refractivity contribution in [1.82, 2.24) is 4.57 Å². The quantitative estimate of drug-likeness (QED) is 0.378. The fourth-order valence-corrected chi connectivity index (χ4v) is 3.41. The van der Waals surface area contributed by atoms with Gasteiger partial charge in [0.25, 0.3) is 0 Å². The van der Waals surface area contributed by atoms with Crippen LogP contribution in [0.25, 0.3) is 0 Å². The average Bonchev–Trinajstić information content (AvgIpc) is 3.17. The van der Waals surface area contributed by atoms with E-state index in [1.807, 2.05) is 47.9 Å². The average molecular weight is 405 g/mol. The van der Waals surface area contributed by atoms with Gasteiger partial charge in [-0.15, -0.1) is 0 Å². The van der Waals surface area contributed by atoms with Gasteiger partial charge < -0.3 is 14.0 Å². The Hall–Kier alpha value is -3.34. The van der Waals surface area contributed by atoms with Gasteiger partial charge in [0.1, 0.15) is 5.75 Å². The lowest BCUT2D eigenvalue weighted by Gasteiger charge is -2.17. The maximum atomic E-state index is 13.3. The minimum Gasteiger partial charge on any atom is -0.494 e. The van der Waals surface area contributed by atoms with Crippen LogP contribution in [0, 0.1) is 0 Å². The summed E-state index contributed by atoms with van der Waals surface area (Å²) in [5.74, 6) is -0.151. The van der Waals surface area contributed by atoms with Crippen LogP contribution in [0.4, 0.5) is 0 Å². The zero-order chi connectivity index (χ0) is 21.5. The number of nitrogens with zero attached hydrogens (tertiary/aromatic N) is 1. The van der Waals surface area contributed by atoms with E-state index in [0.717, 1.165) is 17.0 Å². The van der Waals surface area contributed by atoms with Crippen molar-refractivity contribution in [1.29, 1.82) is 0 Å². The molecule has 0 N–H and O–H groups in total. The van der Waals surface area contributed by atoms with Crippen LogP contribution in [0.3, 0.4) is 0 Å². The Morgan fingerprint density at radius 1 is 0.900 bits per heavy atom. The molecule has 0 spiro atoms.